The van der Waals surface area contributed by atoms with Gasteiger partial charge in [-0.05, 0) is 54.1 Å². The van der Waals surface area contributed by atoms with E-state index in [1.165, 1.54) is 11.8 Å². The second-order valence-corrected chi connectivity index (χ2v) is 9.72. The number of carbonyl (C=O) groups excluding carboxylic acids is 1. The smallest absolute Gasteiger partial charge is 0.250 e. The van der Waals surface area contributed by atoms with Gasteiger partial charge in [-0.3, -0.25) is 4.79 Å². The second kappa shape index (κ2) is 10.8. The van der Waals surface area contributed by atoms with Crippen LogP contribution in [0.3, 0.4) is 0 Å². The van der Waals surface area contributed by atoms with Crippen LogP contribution in [0, 0.1) is 0 Å². The Hall–Kier alpha value is -2.58. The first-order valence-electron chi connectivity index (χ1n) is 9.54. The van der Waals surface area contributed by atoms with Gasteiger partial charge >= 0.3 is 0 Å². The first-order valence-corrected chi connectivity index (χ1v) is 12.1. The lowest BCUT2D eigenvalue weighted by Gasteiger charge is -2.08. The predicted octanol–water partition coefficient (Wildman–Crippen LogP) is 6.42. The molecule has 1 aromatic heterocycles. The Balaban J connectivity index is 1.23. The summed E-state index contributed by atoms with van der Waals surface area (Å²) in [6.07, 6.45) is 1.58. The van der Waals surface area contributed by atoms with E-state index in [0.29, 0.717) is 22.4 Å². The molecule has 4 aromatic rings. The third kappa shape index (κ3) is 6.23. The molecule has 0 saturated carbocycles. The van der Waals surface area contributed by atoms with Crippen molar-refractivity contribution in [3.63, 3.8) is 0 Å². The molecule has 0 spiro atoms. The molecule has 162 valence electrons. The van der Waals surface area contributed by atoms with Crippen molar-refractivity contribution < 1.29 is 9.53 Å². The summed E-state index contributed by atoms with van der Waals surface area (Å²) in [5, 5.41) is 5.17. The van der Waals surface area contributed by atoms with Gasteiger partial charge in [0.25, 0.3) is 5.91 Å². The van der Waals surface area contributed by atoms with Crippen LogP contribution in [0.15, 0.2) is 76.2 Å². The van der Waals surface area contributed by atoms with Gasteiger partial charge in [-0.25, -0.2) is 10.4 Å². The number of aromatic nitrogens is 1. The summed E-state index contributed by atoms with van der Waals surface area (Å²) in [6, 6.07) is 20.6. The van der Waals surface area contributed by atoms with Crippen molar-refractivity contribution in [2.24, 2.45) is 5.10 Å². The Morgan fingerprint density at radius 2 is 1.94 bits per heavy atom. The molecule has 5 nitrogen and oxygen atoms in total. The minimum atomic E-state index is -0.190. The lowest BCUT2D eigenvalue weighted by atomic mass is 10.2. The molecule has 1 amide bonds. The average Bonchev–Trinajstić information content (AvgIpc) is 3.21. The van der Waals surface area contributed by atoms with Crippen molar-refractivity contribution >= 4 is 68.6 Å². The number of hydrogen-bond donors (Lipinski definition) is 1. The second-order valence-electron chi connectivity index (χ2n) is 6.62. The molecule has 0 aliphatic heterocycles. The van der Waals surface area contributed by atoms with E-state index in [0.717, 1.165) is 25.7 Å². The van der Waals surface area contributed by atoms with Gasteiger partial charge in [0.2, 0.25) is 0 Å². The molecule has 32 heavy (non-hydrogen) atoms. The van der Waals surface area contributed by atoms with Gasteiger partial charge in [-0.15, -0.1) is 11.3 Å². The number of hydrazone groups is 1. The molecule has 0 unspecified atom stereocenters. The molecule has 1 N–H and O–H groups in total. The minimum absolute atomic E-state index is 0.190. The van der Waals surface area contributed by atoms with Crippen LogP contribution < -0.4 is 10.2 Å². The number of benzene rings is 3. The summed E-state index contributed by atoms with van der Waals surface area (Å²) in [4.78, 5) is 16.5. The van der Waals surface area contributed by atoms with Crippen LogP contribution in [0.25, 0.3) is 10.2 Å². The van der Waals surface area contributed by atoms with Crippen molar-refractivity contribution in [3.8, 4) is 5.75 Å². The average molecular weight is 502 g/mol. The number of halogens is 2. The molecule has 0 bridgehead atoms. The first kappa shape index (κ1) is 22.6. The van der Waals surface area contributed by atoms with Crippen LogP contribution in [0.1, 0.15) is 11.1 Å². The summed E-state index contributed by atoms with van der Waals surface area (Å²) < 4.78 is 7.73. The monoisotopic (exact) mass is 501 g/mol. The number of thiazole rings is 1. The standard InChI is InChI=1S/C23H17Cl2N3O2S2/c24-17-8-7-16(19(25)11-17)13-30-18-9-5-15(6-10-18)12-26-28-22(29)14-31-23-27-20-3-1-2-4-21(20)32-23/h1-12H,13-14H2,(H,28,29)/b26-12+. The lowest BCUT2D eigenvalue weighted by Crippen LogP contribution is -2.19. The van der Waals surface area contributed by atoms with Crippen LogP contribution in [-0.4, -0.2) is 22.9 Å². The topological polar surface area (TPSA) is 63.6 Å². The quantitative estimate of drug-likeness (QED) is 0.172. The van der Waals surface area contributed by atoms with E-state index >= 15 is 0 Å². The number of carbonyl (C=O) groups is 1. The Morgan fingerprint density at radius 1 is 1.12 bits per heavy atom. The largest absolute Gasteiger partial charge is 0.489 e. The molecular weight excluding hydrogens is 485 g/mol. The number of para-hydroxylation sites is 1. The van der Waals surface area contributed by atoms with Gasteiger partial charge in [0, 0.05) is 15.6 Å². The molecule has 3 aromatic carbocycles. The fourth-order valence-electron chi connectivity index (χ4n) is 2.70. The number of thioether (sulfide) groups is 1. The van der Waals surface area contributed by atoms with Gasteiger partial charge in [-0.2, -0.15) is 5.10 Å². The maximum Gasteiger partial charge on any atom is 0.250 e. The highest BCUT2D eigenvalue weighted by Gasteiger charge is 2.07. The molecule has 0 aliphatic rings. The zero-order chi connectivity index (χ0) is 22.3. The summed E-state index contributed by atoms with van der Waals surface area (Å²) in [6.45, 7) is 0.339. The normalized spacial score (nSPS) is 11.2. The molecular formula is C23H17Cl2N3O2S2. The molecule has 0 aliphatic carbocycles. The van der Waals surface area contributed by atoms with E-state index in [1.54, 1.807) is 29.7 Å². The third-order valence-corrected chi connectivity index (χ3v) is 7.06. The van der Waals surface area contributed by atoms with E-state index in [4.69, 9.17) is 27.9 Å². The fraction of sp³-hybridized carbons (Fsp3) is 0.0870. The van der Waals surface area contributed by atoms with Gasteiger partial charge in [-0.1, -0.05) is 53.2 Å². The number of ether oxygens (including phenoxy) is 1. The Bertz CT molecular complexity index is 1230. The Kier molecular flexibility index (Phi) is 7.65. The Morgan fingerprint density at radius 3 is 2.72 bits per heavy atom. The van der Waals surface area contributed by atoms with Crippen LogP contribution >= 0.6 is 46.3 Å². The van der Waals surface area contributed by atoms with E-state index in [1.807, 2.05) is 54.6 Å². The zero-order valence-electron chi connectivity index (χ0n) is 16.6. The molecule has 0 atom stereocenters. The van der Waals surface area contributed by atoms with Crippen molar-refractivity contribution in [1.82, 2.24) is 10.4 Å². The molecule has 0 radical (unpaired) electrons. The minimum Gasteiger partial charge on any atom is -0.489 e. The fourth-order valence-corrected chi connectivity index (χ4v) is 5.02. The molecule has 9 heteroatoms. The van der Waals surface area contributed by atoms with Gasteiger partial charge < -0.3 is 4.74 Å². The van der Waals surface area contributed by atoms with E-state index in [9.17, 15) is 4.79 Å². The highest BCUT2D eigenvalue weighted by molar-refractivity contribution is 8.01. The van der Waals surface area contributed by atoms with E-state index in [-0.39, 0.29) is 11.7 Å². The van der Waals surface area contributed by atoms with Crippen molar-refractivity contribution in [3.05, 3.63) is 87.9 Å². The summed E-state index contributed by atoms with van der Waals surface area (Å²) in [5.41, 5.74) is 5.17. The SMILES string of the molecule is O=C(CSc1nc2ccccc2s1)N/N=C/c1ccc(OCc2ccc(Cl)cc2Cl)cc1. The third-order valence-electron chi connectivity index (χ3n) is 4.29. The predicted molar refractivity (Wildman–Crippen MR) is 133 cm³/mol. The summed E-state index contributed by atoms with van der Waals surface area (Å²) in [5.74, 6) is 0.756. The maximum absolute atomic E-state index is 12.0. The van der Waals surface area contributed by atoms with Crippen LogP contribution in [0.5, 0.6) is 5.75 Å². The number of amides is 1. The zero-order valence-corrected chi connectivity index (χ0v) is 19.8. The number of rotatable bonds is 8. The number of hydrogen-bond acceptors (Lipinski definition) is 6. The van der Waals surface area contributed by atoms with Crippen LogP contribution in [0.4, 0.5) is 0 Å². The summed E-state index contributed by atoms with van der Waals surface area (Å²) in [7, 11) is 0. The molecule has 4 rings (SSSR count). The lowest BCUT2D eigenvalue weighted by molar-refractivity contribution is -0.118. The van der Waals surface area contributed by atoms with Crippen molar-refractivity contribution in [2.75, 3.05) is 5.75 Å². The maximum atomic E-state index is 12.0. The van der Waals surface area contributed by atoms with Gasteiger partial charge in [0.05, 0.1) is 22.2 Å². The molecule has 0 saturated heterocycles. The van der Waals surface area contributed by atoms with Gasteiger partial charge in [0.1, 0.15) is 12.4 Å². The number of nitrogens with zero attached hydrogens (tertiary/aromatic N) is 2. The Labute approximate surface area is 203 Å². The highest BCUT2D eigenvalue weighted by atomic mass is 35.5. The van der Waals surface area contributed by atoms with Crippen LogP contribution in [0.2, 0.25) is 10.0 Å². The molecule has 0 fully saturated rings. The number of fused-ring (bicyclic) bond motifs is 1. The van der Waals surface area contributed by atoms with Crippen LogP contribution in [-0.2, 0) is 11.4 Å². The van der Waals surface area contributed by atoms with E-state index in [2.05, 4.69) is 15.5 Å². The summed E-state index contributed by atoms with van der Waals surface area (Å²) >= 11 is 15.0. The van der Waals surface area contributed by atoms with E-state index < -0.39 is 0 Å². The first-order chi connectivity index (χ1) is 15.6. The van der Waals surface area contributed by atoms with Crippen molar-refractivity contribution in [1.29, 1.82) is 0 Å². The highest BCUT2D eigenvalue weighted by Crippen LogP contribution is 2.29. The number of nitrogens with one attached hydrogen (secondary N) is 1. The van der Waals surface area contributed by atoms with Gasteiger partial charge in [0.15, 0.2) is 4.34 Å². The van der Waals surface area contributed by atoms with Crippen molar-refractivity contribution in [2.45, 2.75) is 10.9 Å². The molecule has 1 heterocycles.